The Bertz CT molecular complexity index is 372. The Labute approximate surface area is 108 Å². The second kappa shape index (κ2) is 6.66. The summed E-state index contributed by atoms with van der Waals surface area (Å²) in [5.41, 5.74) is 0.228. The molecule has 1 rings (SSSR count). The molecular weight excluding hydrogens is 291 g/mol. The van der Waals surface area contributed by atoms with Crippen LogP contribution in [0, 0.1) is 5.82 Å². The predicted molar refractivity (Wildman–Crippen MR) is 65.7 cm³/mol. The average molecular weight is 305 g/mol. The molecule has 0 saturated carbocycles. The number of rotatable bonds is 5. The normalized spacial score (nSPS) is 12.2. The van der Waals surface area contributed by atoms with Crippen LogP contribution < -0.4 is 0 Å². The lowest BCUT2D eigenvalue weighted by Gasteiger charge is -2.19. The first-order valence-electron chi connectivity index (χ1n) is 5.04. The Morgan fingerprint density at radius 1 is 1.65 bits per heavy atom. The van der Waals surface area contributed by atoms with Crippen molar-refractivity contribution in [3.05, 3.63) is 29.8 Å². The number of carbonyl (C=O) groups is 1. The fraction of sp³-hybridized carbons (Fsp3) is 0.455. The second-order valence-electron chi connectivity index (χ2n) is 3.60. The number of ether oxygens (including phenoxy) is 1. The lowest BCUT2D eigenvalue weighted by Crippen LogP contribution is -2.34. The quantitative estimate of drug-likeness (QED) is 0.778. The number of alkyl halides is 1. The van der Waals surface area contributed by atoms with Crippen LogP contribution in [0.5, 0.6) is 0 Å². The number of amides is 1. The number of methoxy groups -OCH3 is 1. The largest absolute Gasteiger partial charge is 0.383 e. The summed E-state index contributed by atoms with van der Waals surface area (Å²) in [6.07, 6.45) is 1.03. The van der Waals surface area contributed by atoms with Crippen molar-refractivity contribution in [3.63, 3.8) is 0 Å². The monoisotopic (exact) mass is 304 g/mol. The van der Waals surface area contributed by atoms with Crippen molar-refractivity contribution in [3.8, 4) is 0 Å². The molecule has 0 aliphatic rings. The van der Waals surface area contributed by atoms with Gasteiger partial charge in [0, 0.05) is 20.7 Å². The molecule has 6 heteroatoms. The third-order valence-corrected chi connectivity index (χ3v) is 2.67. The number of aromatic nitrogens is 1. The van der Waals surface area contributed by atoms with Gasteiger partial charge in [0.25, 0.3) is 5.91 Å². The minimum absolute atomic E-state index is 0.0573. The zero-order valence-electron chi connectivity index (χ0n) is 9.69. The molecule has 0 bridgehead atoms. The van der Waals surface area contributed by atoms with Crippen molar-refractivity contribution in [2.45, 2.75) is 4.83 Å². The number of carbonyl (C=O) groups excluding carboxylic acids is 1. The number of hydrogen-bond acceptors (Lipinski definition) is 3. The van der Waals surface area contributed by atoms with Gasteiger partial charge in [-0.1, -0.05) is 15.9 Å². The Morgan fingerprint density at radius 2 is 2.35 bits per heavy atom. The lowest BCUT2D eigenvalue weighted by molar-refractivity contribution is 0.0778. The highest BCUT2D eigenvalue weighted by Gasteiger charge is 2.16. The number of nitrogens with zero attached hydrogens (tertiary/aromatic N) is 2. The van der Waals surface area contributed by atoms with Crippen molar-refractivity contribution in [2.75, 3.05) is 27.3 Å². The number of hydrogen-bond donors (Lipinski definition) is 0. The molecule has 17 heavy (non-hydrogen) atoms. The zero-order chi connectivity index (χ0) is 12.8. The first kappa shape index (κ1) is 14.1. The van der Waals surface area contributed by atoms with Crippen LogP contribution in [-0.4, -0.2) is 47.9 Å². The summed E-state index contributed by atoms with van der Waals surface area (Å²) < 4.78 is 17.6. The van der Waals surface area contributed by atoms with Gasteiger partial charge >= 0.3 is 0 Å². The van der Waals surface area contributed by atoms with Gasteiger partial charge in [-0.2, -0.15) is 0 Å². The Balaban J connectivity index is 2.60. The third-order valence-electron chi connectivity index (χ3n) is 2.11. The van der Waals surface area contributed by atoms with Gasteiger partial charge in [0.2, 0.25) is 0 Å². The molecule has 0 radical (unpaired) electrons. The fourth-order valence-electron chi connectivity index (χ4n) is 1.31. The molecule has 0 saturated heterocycles. The SMILES string of the molecule is COCC(Br)CN(C)C(=O)c1ccc(F)cn1. The van der Waals surface area contributed by atoms with Crippen molar-refractivity contribution in [2.24, 2.45) is 0 Å². The highest BCUT2D eigenvalue weighted by Crippen LogP contribution is 2.06. The fourth-order valence-corrected chi connectivity index (χ4v) is 2.01. The maximum atomic E-state index is 12.7. The third kappa shape index (κ3) is 4.40. The molecule has 1 unspecified atom stereocenters. The molecule has 0 N–H and O–H groups in total. The maximum absolute atomic E-state index is 12.7. The second-order valence-corrected chi connectivity index (χ2v) is 4.89. The lowest BCUT2D eigenvalue weighted by atomic mass is 10.3. The van der Waals surface area contributed by atoms with Crippen LogP contribution in [-0.2, 0) is 4.74 Å². The molecule has 4 nitrogen and oxygen atoms in total. The van der Waals surface area contributed by atoms with Gasteiger partial charge in [-0.15, -0.1) is 0 Å². The molecule has 0 spiro atoms. The molecule has 0 aromatic carbocycles. The van der Waals surface area contributed by atoms with Crippen LogP contribution >= 0.6 is 15.9 Å². The summed E-state index contributed by atoms with van der Waals surface area (Å²) in [4.78, 5) is 17.2. The summed E-state index contributed by atoms with van der Waals surface area (Å²) in [5.74, 6) is -0.701. The van der Waals surface area contributed by atoms with E-state index in [9.17, 15) is 9.18 Å². The Kier molecular flexibility index (Phi) is 5.50. The highest BCUT2D eigenvalue weighted by atomic mass is 79.9. The first-order chi connectivity index (χ1) is 8.04. The first-order valence-corrected chi connectivity index (χ1v) is 5.96. The van der Waals surface area contributed by atoms with E-state index in [-0.39, 0.29) is 16.4 Å². The van der Waals surface area contributed by atoms with E-state index >= 15 is 0 Å². The molecule has 1 atom stereocenters. The molecule has 94 valence electrons. The molecule has 1 amide bonds. The van der Waals surface area contributed by atoms with E-state index in [0.29, 0.717) is 13.2 Å². The van der Waals surface area contributed by atoms with Gasteiger partial charge in [-0.25, -0.2) is 9.37 Å². The van der Waals surface area contributed by atoms with Gasteiger partial charge in [0.1, 0.15) is 11.5 Å². The van der Waals surface area contributed by atoms with Gasteiger partial charge < -0.3 is 9.64 Å². The maximum Gasteiger partial charge on any atom is 0.272 e. The van der Waals surface area contributed by atoms with Crippen molar-refractivity contribution < 1.29 is 13.9 Å². The van der Waals surface area contributed by atoms with Crippen LogP contribution in [0.4, 0.5) is 4.39 Å². The summed E-state index contributed by atoms with van der Waals surface area (Å²) in [6, 6.07) is 2.59. The van der Waals surface area contributed by atoms with Gasteiger partial charge in [-0.05, 0) is 12.1 Å². The number of pyridine rings is 1. The van der Waals surface area contributed by atoms with Crippen molar-refractivity contribution >= 4 is 21.8 Å². The van der Waals surface area contributed by atoms with Crippen LogP contribution in [0.2, 0.25) is 0 Å². The van der Waals surface area contributed by atoms with E-state index in [4.69, 9.17) is 4.74 Å². The van der Waals surface area contributed by atoms with Crippen LogP contribution in [0.15, 0.2) is 18.3 Å². The zero-order valence-corrected chi connectivity index (χ0v) is 11.3. The minimum atomic E-state index is -0.457. The highest BCUT2D eigenvalue weighted by molar-refractivity contribution is 9.09. The molecule has 1 aromatic rings. The molecule has 0 aliphatic carbocycles. The van der Waals surface area contributed by atoms with Crippen LogP contribution in [0.3, 0.4) is 0 Å². The topological polar surface area (TPSA) is 42.4 Å². The van der Waals surface area contributed by atoms with Crippen molar-refractivity contribution in [1.29, 1.82) is 0 Å². The smallest absolute Gasteiger partial charge is 0.272 e. The molecule has 1 aromatic heterocycles. The standard InChI is InChI=1S/C11H14BrFN2O2/c1-15(6-8(12)7-17-2)11(16)10-4-3-9(13)5-14-10/h3-5,8H,6-7H2,1-2H3. The van der Waals surface area contributed by atoms with Crippen LogP contribution in [0.1, 0.15) is 10.5 Å². The van der Waals surface area contributed by atoms with E-state index in [1.165, 1.54) is 17.0 Å². The molecule has 1 heterocycles. The van der Waals surface area contributed by atoms with E-state index in [1.807, 2.05) is 0 Å². The van der Waals surface area contributed by atoms with E-state index < -0.39 is 5.82 Å². The summed E-state index contributed by atoms with van der Waals surface area (Å²) >= 11 is 3.39. The summed E-state index contributed by atoms with van der Waals surface area (Å²) in [6.45, 7) is 1.00. The number of halogens is 2. The average Bonchev–Trinajstić information content (AvgIpc) is 2.29. The van der Waals surface area contributed by atoms with Crippen molar-refractivity contribution in [1.82, 2.24) is 9.88 Å². The van der Waals surface area contributed by atoms with Gasteiger partial charge in [0.15, 0.2) is 0 Å². The Hall–Kier alpha value is -1.01. The molecular formula is C11H14BrFN2O2. The summed E-state index contributed by atoms with van der Waals surface area (Å²) in [7, 11) is 3.26. The van der Waals surface area contributed by atoms with Crippen LogP contribution in [0.25, 0.3) is 0 Å². The van der Waals surface area contributed by atoms with E-state index in [0.717, 1.165) is 6.20 Å². The molecule has 0 aliphatic heterocycles. The predicted octanol–water partition coefficient (Wildman–Crippen LogP) is 1.70. The minimum Gasteiger partial charge on any atom is -0.383 e. The summed E-state index contributed by atoms with van der Waals surface area (Å²) in [5, 5.41) is 0. The van der Waals surface area contributed by atoms with Gasteiger partial charge in [-0.3, -0.25) is 4.79 Å². The molecule has 0 fully saturated rings. The Morgan fingerprint density at radius 3 is 2.88 bits per heavy atom. The van der Waals surface area contributed by atoms with Gasteiger partial charge in [0.05, 0.1) is 17.6 Å². The van der Waals surface area contributed by atoms with E-state index in [1.54, 1.807) is 14.2 Å². The van der Waals surface area contributed by atoms with E-state index in [2.05, 4.69) is 20.9 Å².